The van der Waals surface area contributed by atoms with E-state index in [1.54, 1.807) is 17.5 Å². The highest BCUT2D eigenvalue weighted by atomic mass is 32.1. The molecule has 0 aliphatic carbocycles. The lowest BCUT2D eigenvalue weighted by Crippen LogP contribution is -2.57. The molecule has 2 bridgehead atoms. The summed E-state index contributed by atoms with van der Waals surface area (Å²) >= 11 is 1.55. The van der Waals surface area contributed by atoms with Crippen LogP contribution in [0.2, 0.25) is 0 Å². The van der Waals surface area contributed by atoms with Crippen LogP contribution < -0.4 is 5.32 Å². The Bertz CT molecular complexity index is 828. The highest BCUT2D eigenvalue weighted by molar-refractivity contribution is 7.17. The first-order valence-electron chi connectivity index (χ1n) is 8.25. The van der Waals surface area contributed by atoms with Crippen LogP contribution in [0.4, 0.5) is 0 Å². The van der Waals surface area contributed by atoms with Gasteiger partial charge in [0, 0.05) is 35.1 Å². The number of rotatable bonds is 2. The molecule has 5 heterocycles. The fraction of sp³-hybridized carbons (Fsp3) is 0.444. The second kappa shape index (κ2) is 6.52. The summed E-state index contributed by atoms with van der Waals surface area (Å²) in [5.41, 5.74) is 1.27. The molecule has 0 radical (unpaired) electrons. The van der Waals surface area contributed by atoms with E-state index in [-0.39, 0.29) is 18.6 Å². The smallest absolute Gasteiger partial charge is 0.270 e. The standard InChI is InChI=1S/C18H19N3O2S/c22-7-1-2-13-11-24-17-9-19-15(8-14(13)17)18(23)20-16-10-21-5-3-12(16)4-6-21/h8-9,11-12,16,22H,3-7,10H2,(H,20,23). The van der Waals surface area contributed by atoms with E-state index in [0.717, 1.165) is 35.3 Å². The van der Waals surface area contributed by atoms with Crippen LogP contribution in [0.5, 0.6) is 0 Å². The summed E-state index contributed by atoms with van der Waals surface area (Å²) in [5, 5.41) is 14.9. The molecule has 3 aliphatic rings. The Balaban J connectivity index is 1.55. The molecule has 5 nitrogen and oxygen atoms in total. The van der Waals surface area contributed by atoms with Gasteiger partial charge < -0.3 is 15.3 Å². The lowest BCUT2D eigenvalue weighted by Gasteiger charge is -2.44. The van der Waals surface area contributed by atoms with Gasteiger partial charge in [0.25, 0.3) is 5.91 Å². The predicted molar refractivity (Wildman–Crippen MR) is 94.0 cm³/mol. The van der Waals surface area contributed by atoms with Gasteiger partial charge in [-0.25, -0.2) is 4.98 Å². The van der Waals surface area contributed by atoms with Gasteiger partial charge in [0.2, 0.25) is 0 Å². The second-order valence-corrected chi connectivity index (χ2v) is 7.30. The lowest BCUT2D eigenvalue weighted by molar-refractivity contribution is 0.0618. The molecule has 1 atom stereocenters. The normalized spacial score (nSPS) is 25.3. The summed E-state index contributed by atoms with van der Waals surface area (Å²) in [6.45, 7) is 3.09. The third kappa shape index (κ3) is 2.91. The molecule has 1 unspecified atom stereocenters. The van der Waals surface area contributed by atoms with Gasteiger partial charge in [0.1, 0.15) is 12.3 Å². The number of nitrogens with zero attached hydrogens (tertiary/aromatic N) is 2. The summed E-state index contributed by atoms with van der Waals surface area (Å²) < 4.78 is 0.997. The van der Waals surface area contributed by atoms with Crippen molar-refractivity contribution in [3.63, 3.8) is 0 Å². The fourth-order valence-electron chi connectivity index (χ4n) is 3.66. The van der Waals surface area contributed by atoms with E-state index >= 15 is 0 Å². The fourth-order valence-corrected chi connectivity index (χ4v) is 4.50. The lowest BCUT2D eigenvalue weighted by atomic mass is 9.84. The topological polar surface area (TPSA) is 65.5 Å². The van der Waals surface area contributed by atoms with E-state index in [1.165, 1.54) is 12.8 Å². The van der Waals surface area contributed by atoms with E-state index in [1.807, 2.05) is 11.4 Å². The van der Waals surface area contributed by atoms with Crippen LogP contribution in [-0.4, -0.2) is 53.2 Å². The van der Waals surface area contributed by atoms with E-state index < -0.39 is 0 Å². The van der Waals surface area contributed by atoms with Crippen molar-refractivity contribution in [1.82, 2.24) is 15.2 Å². The van der Waals surface area contributed by atoms with E-state index in [2.05, 4.69) is 27.0 Å². The first kappa shape index (κ1) is 15.6. The Labute approximate surface area is 144 Å². The van der Waals surface area contributed by atoms with Gasteiger partial charge in [-0.05, 0) is 37.9 Å². The van der Waals surface area contributed by atoms with E-state index in [0.29, 0.717) is 11.6 Å². The number of thiophene rings is 1. The molecule has 2 aromatic rings. The van der Waals surface area contributed by atoms with Gasteiger partial charge >= 0.3 is 0 Å². The first-order chi connectivity index (χ1) is 11.7. The zero-order valence-corrected chi connectivity index (χ0v) is 14.1. The quantitative estimate of drug-likeness (QED) is 0.812. The van der Waals surface area contributed by atoms with Crippen molar-refractivity contribution in [2.45, 2.75) is 18.9 Å². The van der Waals surface area contributed by atoms with Gasteiger partial charge in [0.15, 0.2) is 0 Å². The maximum absolute atomic E-state index is 12.6. The van der Waals surface area contributed by atoms with Crippen LogP contribution in [0.3, 0.4) is 0 Å². The van der Waals surface area contributed by atoms with Gasteiger partial charge in [-0.3, -0.25) is 4.79 Å². The number of pyridine rings is 1. The van der Waals surface area contributed by atoms with Gasteiger partial charge in [-0.1, -0.05) is 11.8 Å². The number of fused-ring (bicyclic) bond motifs is 4. The minimum absolute atomic E-state index is 0.108. The predicted octanol–water partition coefficient (Wildman–Crippen LogP) is 1.46. The highest BCUT2D eigenvalue weighted by Gasteiger charge is 2.35. The number of aliphatic hydroxyl groups excluding tert-OH is 1. The van der Waals surface area contributed by atoms with Crippen molar-refractivity contribution in [3.05, 3.63) is 28.9 Å². The Hall–Kier alpha value is -1.94. The van der Waals surface area contributed by atoms with Crippen LogP contribution in [0.1, 0.15) is 28.9 Å². The van der Waals surface area contributed by atoms with Crippen molar-refractivity contribution in [2.75, 3.05) is 26.2 Å². The Morgan fingerprint density at radius 1 is 1.46 bits per heavy atom. The average molecular weight is 341 g/mol. The number of piperidine rings is 3. The number of nitrogens with one attached hydrogen (secondary N) is 1. The molecule has 0 spiro atoms. The number of carbonyl (C=O) groups excluding carboxylic acids is 1. The van der Waals surface area contributed by atoms with Gasteiger partial charge in [-0.15, -0.1) is 11.3 Å². The van der Waals surface area contributed by atoms with Crippen LogP contribution in [-0.2, 0) is 0 Å². The molecule has 6 heteroatoms. The Morgan fingerprint density at radius 3 is 3.00 bits per heavy atom. The molecule has 5 rings (SSSR count). The Morgan fingerprint density at radius 2 is 2.29 bits per heavy atom. The van der Waals surface area contributed by atoms with Crippen LogP contribution in [0.25, 0.3) is 10.1 Å². The summed E-state index contributed by atoms with van der Waals surface area (Å²) in [6, 6.07) is 2.04. The number of hydrogen-bond donors (Lipinski definition) is 2. The SMILES string of the molecule is O=C(NC1CN2CCC1CC2)c1cc2c(C#CCO)csc2cn1. The molecule has 2 aromatic heterocycles. The molecule has 1 amide bonds. The molecule has 0 aromatic carbocycles. The minimum Gasteiger partial charge on any atom is -0.384 e. The zero-order chi connectivity index (χ0) is 16.5. The maximum atomic E-state index is 12.6. The number of amides is 1. The zero-order valence-electron chi connectivity index (χ0n) is 13.3. The van der Waals surface area contributed by atoms with Crippen LogP contribution in [0.15, 0.2) is 17.6 Å². The van der Waals surface area contributed by atoms with Crippen LogP contribution >= 0.6 is 11.3 Å². The largest absolute Gasteiger partial charge is 0.384 e. The third-order valence-corrected chi connectivity index (χ3v) is 5.90. The molecule has 124 valence electrons. The third-order valence-electron chi connectivity index (χ3n) is 4.97. The summed E-state index contributed by atoms with van der Waals surface area (Å²) in [7, 11) is 0. The minimum atomic E-state index is -0.171. The summed E-state index contributed by atoms with van der Waals surface area (Å²) in [6.07, 6.45) is 4.07. The number of aromatic nitrogens is 1. The molecular formula is C18H19N3O2S. The number of carbonyl (C=O) groups is 1. The Kier molecular flexibility index (Phi) is 4.23. The molecule has 3 saturated heterocycles. The summed E-state index contributed by atoms with van der Waals surface area (Å²) in [4.78, 5) is 19.4. The van der Waals surface area contributed by atoms with Gasteiger partial charge in [-0.2, -0.15) is 0 Å². The van der Waals surface area contributed by atoms with E-state index in [4.69, 9.17) is 5.11 Å². The molecule has 24 heavy (non-hydrogen) atoms. The van der Waals surface area contributed by atoms with Crippen molar-refractivity contribution < 1.29 is 9.90 Å². The van der Waals surface area contributed by atoms with Crippen molar-refractivity contribution in [3.8, 4) is 11.8 Å². The molecular weight excluding hydrogens is 322 g/mol. The highest BCUT2D eigenvalue weighted by Crippen LogP contribution is 2.28. The summed E-state index contributed by atoms with van der Waals surface area (Å²) in [5.74, 6) is 6.08. The average Bonchev–Trinajstić information content (AvgIpc) is 3.03. The second-order valence-electron chi connectivity index (χ2n) is 6.39. The van der Waals surface area contributed by atoms with Crippen LogP contribution in [0, 0.1) is 17.8 Å². The van der Waals surface area contributed by atoms with Crippen molar-refractivity contribution in [2.24, 2.45) is 5.92 Å². The number of hydrogen-bond acceptors (Lipinski definition) is 5. The molecule has 2 N–H and O–H groups in total. The number of aliphatic hydroxyl groups is 1. The first-order valence-corrected chi connectivity index (χ1v) is 9.13. The van der Waals surface area contributed by atoms with Gasteiger partial charge in [0.05, 0.1) is 4.70 Å². The van der Waals surface area contributed by atoms with E-state index in [9.17, 15) is 4.79 Å². The maximum Gasteiger partial charge on any atom is 0.270 e. The molecule has 3 aliphatic heterocycles. The van der Waals surface area contributed by atoms with Crippen molar-refractivity contribution in [1.29, 1.82) is 0 Å². The monoisotopic (exact) mass is 341 g/mol. The molecule has 0 saturated carbocycles. The van der Waals surface area contributed by atoms with Crippen molar-refractivity contribution >= 4 is 27.3 Å². The molecule has 3 fully saturated rings.